The molecule has 0 bridgehead atoms. The Kier molecular flexibility index (Phi) is 9.21. The second-order valence-corrected chi connectivity index (χ2v) is 7.22. The lowest BCUT2D eigenvalue weighted by atomic mass is 10.1. The molecule has 1 aromatic heterocycles. The summed E-state index contributed by atoms with van der Waals surface area (Å²) < 4.78 is 51.8. The molecule has 2 N–H and O–H groups in total. The van der Waals surface area contributed by atoms with E-state index in [2.05, 4.69) is 20.4 Å². The summed E-state index contributed by atoms with van der Waals surface area (Å²) in [6.45, 7) is -0.0147. The lowest BCUT2D eigenvalue weighted by Crippen LogP contribution is -2.40. The molecule has 0 radical (unpaired) electrons. The lowest BCUT2D eigenvalue weighted by Gasteiger charge is -2.16. The first-order valence-corrected chi connectivity index (χ1v) is 10.2. The van der Waals surface area contributed by atoms with Crippen molar-refractivity contribution >= 4 is 29.9 Å². The molecule has 0 spiro atoms. The van der Waals surface area contributed by atoms with Gasteiger partial charge in [0.1, 0.15) is 11.5 Å². The number of guanidine groups is 1. The average molecular weight is 565 g/mol. The number of benzene rings is 1. The van der Waals surface area contributed by atoms with Crippen molar-refractivity contribution in [3.8, 4) is 17.2 Å². The van der Waals surface area contributed by atoms with Crippen molar-refractivity contribution in [3.05, 3.63) is 41.9 Å². The van der Waals surface area contributed by atoms with E-state index in [0.29, 0.717) is 55.1 Å². The van der Waals surface area contributed by atoms with Gasteiger partial charge in [0.15, 0.2) is 17.5 Å². The SMILES string of the molecule is FC(F)Oc1cc2c(cc1CN=C(NCCc1ccco1)NCC1CCOC1)OCO2.I. The Balaban J connectivity index is 0.00000289. The highest BCUT2D eigenvalue weighted by Gasteiger charge is 2.20. The molecule has 2 aromatic rings. The Morgan fingerprint density at radius 2 is 2.06 bits per heavy atom. The predicted molar refractivity (Wildman–Crippen MR) is 123 cm³/mol. The van der Waals surface area contributed by atoms with Crippen LogP contribution in [0.5, 0.6) is 17.2 Å². The van der Waals surface area contributed by atoms with Gasteiger partial charge >= 0.3 is 6.61 Å². The zero-order valence-electron chi connectivity index (χ0n) is 17.4. The minimum atomic E-state index is -2.95. The fourth-order valence-corrected chi connectivity index (χ4v) is 3.38. The minimum absolute atomic E-state index is 0. The monoisotopic (exact) mass is 565 g/mol. The molecular formula is C21H26F2IN3O5. The Hall–Kier alpha value is -2.28. The maximum absolute atomic E-state index is 12.9. The first kappa shape index (κ1) is 24.4. The number of aliphatic imine (C=N–C) groups is 1. The zero-order valence-corrected chi connectivity index (χ0v) is 19.7. The van der Waals surface area contributed by atoms with Gasteiger partial charge in [0, 0.05) is 43.7 Å². The molecule has 1 atom stereocenters. The van der Waals surface area contributed by atoms with E-state index in [-0.39, 0.29) is 43.1 Å². The van der Waals surface area contributed by atoms with Gasteiger partial charge < -0.3 is 34.0 Å². The van der Waals surface area contributed by atoms with Gasteiger partial charge in [-0.25, -0.2) is 4.99 Å². The summed E-state index contributed by atoms with van der Waals surface area (Å²) in [7, 11) is 0. The van der Waals surface area contributed by atoms with Crippen LogP contribution in [-0.2, 0) is 17.7 Å². The number of nitrogens with zero attached hydrogens (tertiary/aromatic N) is 1. The summed E-state index contributed by atoms with van der Waals surface area (Å²) in [6.07, 6.45) is 3.30. The number of furan rings is 1. The van der Waals surface area contributed by atoms with Crippen LogP contribution in [0.15, 0.2) is 39.9 Å². The summed E-state index contributed by atoms with van der Waals surface area (Å²) in [4.78, 5) is 4.57. The first-order chi connectivity index (χ1) is 15.2. The van der Waals surface area contributed by atoms with Gasteiger partial charge in [-0.05, 0) is 24.6 Å². The van der Waals surface area contributed by atoms with Gasteiger partial charge in [0.2, 0.25) is 6.79 Å². The zero-order chi connectivity index (χ0) is 21.5. The van der Waals surface area contributed by atoms with Crippen LogP contribution in [-0.4, -0.2) is 45.7 Å². The predicted octanol–water partition coefficient (Wildman–Crippen LogP) is 3.54. The van der Waals surface area contributed by atoms with Crippen molar-refractivity contribution in [3.63, 3.8) is 0 Å². The van der Waals surface area contributed by atoms with Crippen molar-refractivity contribution < 1.29 is 32.1 Å². The topological polar surface area (TPSA) is 86.5 Å². The molecule has 32 heavy (non-hydrogen) atoms. The molecule has 2 aliphatic rings. The highest BCUT2D eigenvalue weighted by Crippen LogP contribution is 2.39. The molecular weight excluding hydrogens is 539 g/mol. The molecule has 1 fully saturated rings. The third-order valence-electron chi connectivity index (χ3n) is 5.01. The van der Waals surface area contributed by atoms with Crippen LogP contribution in [0.2, 0.25) is 0 Å². The van der Waals surface area contributed by atoms with E-state index in [1.807, 2.05) is 12.1 Å². The molecule has 4 rings (SSSR count). The van der Waals surface area contributed by atoms with Crippen LogP contribution in [0.4, 0.5) is 8.78 Å². The maximum atomic E-state index is 12.9. The van der Waals surface area contributed by atoms with Gasteiger partial charge in [-0.3, -0.25) is 0 Å². The number of nitrogens with one attached hydrogen (secondary N) is 2. The van der Waals surface area contributed by atoms with E-state index in [9.17, 15) is 8.78 Å². The number of rotatable bonds is 9. The summed E-state index contributed by atoms with van der Waals surface area (Å²) in [6, 6.07) is 6.77. The fourth-order valence-electron chi connectivity index (χ4n) is 3.38. The summed E-state index contributed by atoms with van der Waals surface area (Å²) in [5.41, 5.74) is 0.473. The number of fused-ring (bicyclic) bond motifs is 1. The molecule has 8 nitrogen and oxygen atoms in total. The van der Waals surface area contributed by atoms with Crippen molar-refractivity contribution in [2.45, 2.75) is 26.0 Å². The van der Waals surface area contributed by atoms with Crippen LogP contribution in [0, 0.1) is 5.92 Å². The molecule has 1 saturated heterocycles. The molecule has 1 unspecified atom stereocenters. The second-order valence-electron chi connectivity index (χ2n) is 7.22. The van der Waals surface area contributed by atoms with E-state index in [0.717, 1.165) is 18.8 Å². The van der Waals surface area contributed by atoms with Crippen molar-refractivity contribution in [1.29, 1.82) is 0 Å². The Bertz CT molecular complexity index is 877. The number of ether oxygens (including phenoxy) is 4. The summed E-state index contributed by atoms with van der Waals surface area (Å²) in [5, 5.41) is 6.57. The lowest BCUT2D eigenvalue weighted by molar-refractivity contribution is -0.0505. The van der Waals surface area contributed by atoms with Crippen LogP contribution in [0.1, 0.15) is 17.7 Å². The van der Waals surface area contributed by atoms with E-state index < -0.39 is 6.61 Å². The summed E-state index contributed by atoms with van der Waals surface area (Å²) in [5.74, 6) is 2.70. The molecule has 3 heterocycles. The molecule has 11 heteroatoms. The first-order valence-electron chi connectivity index (χ1n) is 10.2. The second kappa shape index (κ2) is 12.1. The number of alkyl halides is 2. The van der Waals surface area contributed by atoms with Gasteiger partial charge in [-0.1, -0.05) is 0 Å². The third kappa shape index (κ3) is 6.86. The molecule has 0 aliphatic carbocycles. The average Bonchev–Trinajstić information content (AvgIpc) is 3.52. The number of hydrogen-bond acceptors (Lipinski definition) is 6. The molecule has 0 amide bonds. The smallest absolute Gasteiger partial charge is 0.387 e. The van der Waals surface area contributed by atoms with Crippen LogP contribution >= 0.6 is 24.0 Å². The van der Waals surface area contributed by atoms with Gasteiger partial charge in [0.05, 0.1) is 19.4 Å². The quantitative estimate of drug-likeness (QED) is 0.274. The Morgan fingerprint density at radius 1 is 1.22 bits per heavy atom. The van der Waals surface area contributed by atoms with E-state index >= 15 is 0 Å². The molecule has 0 saturated carbocycles. The molecule has 1 aromatic carbocycles. The van der Waals surface area contributed by atoms with E-state index in [1.165, 1.54) is 6.07 Å². The number of hydrogen-bond donors (Lipinski definition) is 2. The largest absolute Gasteiger partial charge is 0.469 e. The van der Waals surface area contributed by atoms with Crippen molar-refractivity contribution in [1.82, 2.24) is 10.6 Å². The van der Waals surface area contributed by atoms with Crippen LogP contribution in [0.3, 0.4) is 0 Å². The van der Waals surface area contributed by atoms with Gasteiger partial charge in [-0.15, -0.1) is 24.0 Å². The van der Waals surface area contributed by atoms with E-state index in [4.69, 9.17) is 18.6 Å². The minimum Gasteiger partial charge on any atom is -0.469 e. The standard InChI is InChI=1S/C21H25F2N3O5.HI/c22-20(23)31-17-9-19-18(29-13-30-19)8-15(17)11-26-21(25-10-14-4-7-27-12-14)24-5-3-16-2-1-6-28-16;/h1-2,6,8-9,14,20H,3-5,7,10-13H2,(H2,24,25,26);1H. The maximum Gasteiger partial charge on any atom is 0.387 e. The number of halogens is 3. The summed E-state index contributed by atoms with van der Waals surface area (Å²) >= 11 is 0. The normalized spacial score (nSPS) is 17.3. The fraction of sp³-hybridized carbons (Fsp3) is 0.476. The molecule has 2 aliphatic heterocycles. The highest BCUT2D eigenvalue weighted by molar-refractivity contribution is 14.0. The van der Waals surface area contributed by atoms with Crippen molar-refractivity contribution in [2.75, 3.05) is 33.1 Å². The van der Waals surface area contributed by atoms with Gasteiger partial charge in [0.25, 0.3) is 0 Å². The van der Waals surface area contributed by atoms with Gasteiger partial charge in [-0.2, -0.15) is 8.78 Å². The Labute approximate surface area is 201 Å². The molecule has 176 valence electrons. The Morgan fingerprint density at radius 3 is 2.78 bits per heavy atom. The van der Waals surface area contributed by atoms with E-state index in [1.54, 1.807) is 12.3 Å². The third-order valence-corrected chi connectivity index (χ3v) is 5.01. The van der Waals surface area contributed by atoms with Crippen molar-refractivity contribution in [2.24, 2.45) is 10.9 Å². The highest BCUT2D eigenvalue weighted by atomic mass is 127. The van der Waals surface area contributed by atoms with Crippen LogP contribution in [0.25, 0.3) is 0 Å². The van der Waals surface area contributed by atoms with Crippen LogP contribution < -0.4 is 24.8 Å².